The number of ether oxygens (including phenoxy) is 2. The molecule has 0 heterocycles. The second-order valence-corrected chi connectivity index (χ2v) is 5.85. The molecule has 0 bridgehead atoms. The lowest BCUT2D eigenvalue weighted by molar-refractivity contribution is -0.185. The van der Waals surface area contributed by atoms with Crippen molar-refractivity contribution in [3.8, 4) is 0 Å². The van der Waals surface area contributed by atoms with Gasteiger partial charge < -0.3 is 9.47 Å². The van der Waals surface area contributed by atoms with Crippen LogP contribution in [-0.4, -0.2) is 18.9 Å². The summed E-state index contributed by atoms with van der Waals surface area (Å²) >= 11 is 0. The van der Waals surface area contributed by atoms with Crippen molar-refractivity contribution in [3.63, 3.8) is 0 Å². The average Bonchev–Trinajstić information content (AvgIpc) is 2.37. The predicted molar refractivity (Wildman–Crippen MR) is 79.0 cm³/mol. The summed E-state index contributed by atoms with van der Waals surface area (Å²) in [4.78, 5) is 11.8. The molecule has 0 aromatic heterocycles. The Balaban J connectivity index is 3.59. The minimum atomic E-state index is -0.436. The van der Waals surface area contributed by atoms with Crippen molar-refractivity contribution in [2.75, 3.05) is 6.61 Å². The van der Waals surface area contributed by atoms with Crippen LogP contribution < -0.4 is 0 Å². The third kappa shape index (κ3) is 9.04. The maximum Gasteiger partial charge on any atom is 0.313 e. The van der Waals surface area contributed by atoms with Crippen molar-refractivity contribution in [2.45, 2.75) is 85.9 Å². The van der Waals surface area contributed by atoms with Gasteiger partial charge >= 0.3 is 5.97 Å². The van der Waals surface area contributed by atoms with E-state index in [1.54, 1.807) is 6.92 Å². The first kappa shape index (κ1) is 18.4. The Morgan fingerprint density at radius 1 is 1.05 bits per heavy atom. The van der Waals surface area contributed by atoms with Crippen molar-refractivity contribution < 1.29 is 14.3 Å². The SMILES string of the molecule is CCCCCCCCOC(C)OC(=O)C(C)(C)CC. The van der Waals surface area contributed by atoms with Gasteiger partial charge in [-0.1, -0.05) is 46.0 Å². The molecule has 0 aliphatic carbocycles. The van der Waals surface area contributed by atoms with Crippen LogP contribution in [0.2, 0.25) is 0 Å². The predicted octanol–water partition coefficient (Wildman–Crippen LogP) is 4.69. The van der Waals surface area contributed by atoms with Crippen LogP contribution in [0.5, 0.6) is 0 Å². The van der Waals surface area contributed by atoms with Gasteiger partial charge in [0, 0.05) is 0 Å². The van der Waals surface area contributed by atoms with Crippen LogP contribution >= 0.6 is 0 Å². The topological polar surface area (TPSA) is 35.5 Å². The molecule has 3 nitrogen and oxygen atoms in total. The molecule has 1 unspecified atom stereocenters. The Bertz CT molecular complexity index is 236. The Morgan fingerprint density at radius 2 is 1.63 bits per heavy atom. The first-order valence-corrected chi connectivity index (χ1v) is 7.76. The highest BCUT2D eigenvalue weighted by Crippen LogP contribution is 2.22. The van der Waals surface area contributed by atoms with E-state index in [4.69, 9.17) is 9.47 Å². The van der Waals surface area contributed by atoms with E-state index >= 15 is 0 Å². The van der Waals surface area contributed by atoms with E-state index in [0.717, 1.165) is 12.8 Å². The first-order chi connectivity index (χ1) is 8.94. The van der Waals surface area contributed by atoms with Crippen molar-refractivity contribution in [1.82, 2.24) is 0 Å². The molecule has 0 amide bonds. The molecule has 114 valence electrons. The molecule has 19 heavy (non-hydrogen) atoms. The summed E-state index contributed by atoms with van der Waals surface area (Å²) in [6.07, 6.45) is 7.76. The fourth-order valence-electron chi connectivity index (χ4n) is 1.62. The normalized spacial score (nSPS) is 13.3. The molecule has 1 atom stereocenters. The molecule has 0 saturated carbocycles. The summed E-state index contributed by atoms with van der Waals surface area (Å²) in [6, 6.07) is 0. The molecular formula is C16H32O3. The van der Waals surface area contributed by atoms with Crippen LogP contribution in [0, 0.1) is 5.41 Å². The molecule has 0 aliphatic rings. The number of unbranched alkanes of at least 4 members (excludes halogenated alkanes) is 5. The van der Waals surface area contributed by atoms with Crippen LogP contribution in [0.1, 0.15) is 79.6 Å². The monoisotopic (exact) mass is 272 g/mol. The largest absolute Gasteiger partial charge is 0.436 e. The molecule has 0 saturated heterocycles. The van der Waals surface area contributed by atoms with Crippen LogP contribution in [-0.2, 0) is 14.3 Å². The number of hydrogen-bond acceptors (Lipinski definition) is 3. The van der Waals surface area contributed by atoms with Crippen LogP contribution in [0.25, 0.3) is 0 Å². The third-order valence-electron chi connectivity index (χ3n) is 3.56. The highest BCUT2D eigenvalue weighted by molar-refractivity contribution is 5.75. The van der Waals surface area contributed by atoms with Gasteiger partial charge in [-0.05, 0) is 33.6 Å². The van der Waals surface area contributed by atoms with Gasteiger partial charge in [0.2, 0.25) is 0 Å². The highest BCUT2D eigenvalue weighted by atomic mass is 16.7. The third-order valence-corrected chi connectivity index (χ3v) is 3.56. The molecule has 0 aromatic rings. The number of esters is 1. The number of hydrogen-bond donors (Lipinski definition) is 0. The summed E-state index contributed by atoms with van der Waals surface area (Å²) in [5, 5.41) is 0. The van der Waals surface area contributed by atoms with Crippen molar-refractivity contribution in [3.05, 3.63) is 0 Å². The standard InChI is InChI=1S/C16H32O3/c1-6-8-9-10-11-12-13-18-14(3)19-15(17)16(4,5)7-2/h14H,6-13H2,1-5H3. The minimum absolute atomic E-state index is 0.176. The van der Waals surface area contributed by atoms with Gasteiger partial charge in [-0.15, -0.1) is 0 Å². The summed E-state index contributed by atoms with van der Waals surface area (Å²) in [5.41, 5.74) is -0.419. The molecule has 0 rings (SSSR count). The van der Waals surface area contributed by atoms with Gasteiger partial charge in [0.05, 0.1) is 12.0 Å². The molecule has 0 radical (unpaired) electrons. The second kappa shape index (κ2) is 10.2. The molecule has 0 N–H and O–H groups in total. The van der Waals surface area contributed by atoms with Gasteiger partial charge in [-0.25, -0.2) is 0 Å². The van der Waals surface area contributed by atoms with Crippen molar-refractivity contribution in [2.24, 2.45) is 5.41 Å². The highest BCUT2D eigenvalue weighted by Gasteiger charge is 2.28. The Kier molecular flexibility index (Phi) is 9.94. The summed E-state index contributed by atoms with van der Waals surface area (Å²) < 4.78 is 10.8. The molecule has 0 spiro atoms. The molecular weight excluding hydrogens is 240 g/mol. The first-order valence-electron chi connectivity index (χ1n) is 7.76. The van der Waals surface area contributed by atoms with E-state index < -0.39 is 11.7 Å². The van der Waals surface area contributed by atoms with Crippen molar-refractivity contribution >= 4 is 5.97 Å². The van der Waals surface area contributed by atoms with Crippen LogP contribution in [0.3, 0.4) is 0 Å². The van der Waals surface area contributed by atoms with Gasteiger partial charge in [0.1, 0.15) is 0 Å². The van der Waals surface area contributed by atoms with E-state index in [9.17, 15) is 4.79 Å². The van der Waals surface area contributed by atoms with E-state index in [2.05, 4.69) is 6.92 Å². The minimum Gasteiger partial charge on any atom is -0.436 e. The number of carbonyl (C=O) groups is 1. The molecule has 0 aliphatic heterocycles. The second-order valence-electron chi connectivity index (χ2n) is 5.85. The maximum atomic E-state index is 11.8. The summed E-state index contributed by atoms with van der Waals surface area (Å²) in [5.74, 6) is -0.176. The zero-order chi connectivity index (χ0) is 14.7. The zero-order valence-electron chi connectivity index (χ0n) is 13.5. The van der Waals surface area contributed by atoms with Gasteiger partial charge in [0.15, 0.2) is 6.29 Å². The smallest absolute Gasteiger partial charge is 0.313 e. The Morgan fingerprint density at radius 3 is 2.21 bits per heavy atom. The van der Waals surface area contributed by atoms with Gasteiger partial charge in [0.25, 0.3) is 0 Å². The van der Waals surface area contributed by atoms with Gasteiger partial charge in [-0.2, -0.15) is 0 Å². The lowest BCUT2D eigenvalue weighted by atomic mass is 9.91. The molecule has 0 fully saturated rings. The lowest BCUT2D eigenvalue weighted by Crippen LogP contribution is -2.30. The van der Waals surface area contributed by atoms with E-state index in [1.165, 1.54) is 32.1 Å². The van der Waals surface area contributed by atoms with Crippen LogP contribution in [0.15, 0.2) is 0 Å². The summed E-state index contributed by atoms with van der Waals surface area (Å²) in [7, 11) is 0. The molecule has 3 heteroatoms. The average molecular weight is 272 g/mol. The van der Waals surface area contributed by atoms with Crippen LogP contribution in [0.4, 0.5) is 0 Å². The Labute approximate surface area is 119 Å². The summed E-state index contributed by atoms with van der Waals surface area (Å²) in [6.45, 7) is 10.5. The van der Waals surface area contributed by atoms with Gasteiger partial charge in [-0.3, -0.25) is 4.79 Å². The zero-order valence-corrected chi connectivity index (χ0v) is 13.5. The number of rotatable bonds is 11. The molecule has 0 aromatic carbocycles. The van der Waals surface area contributed by atoms with E-state index in [-0.39, 0.29) is 5.97 Å². The Hall–Kier alpha value is -0.570. The lowest BCUT2D eigenvalue weighted by Gasteiger charge is -2.23. The fourth-order valence-corrected chi connectivity index (χ4v) is 1.62. The quantitative estimate of drug-likeness (QED) is 0.311. The van der Waals surface area contributed by atoms with E-state index in [1.807, 2.05) is 20.8 Å². The fraction of sp³-hybridized carbons (Fsp3) is 0.938. The maximum absolute atomic E-state index is 11.8. The number of carbonyl (C=O) groups excluding carboxylic acids is 1. The van der Waals surface area contributed by atoms with E-state index in [0.29, 0.717) is 6.61 Å². The van der Waals surface area contributed by atoms with Crippen molar-refractivity contribution in [1.29, 1.82) is 0 Å².